The van der Waals surface area contributed by atoms with E-state index in [1.54, 1.807) is 61.7 Å². The van der Waals surface area contributed by atoms with Gasteiger partial charge in [-0.1, -0.05) is 19.7 Å². The summed E-state index contributed by atoms with van der Waals surface area (Å²) in [7, 11) is 0. The number of ketones is 1. The fraction of sp³-hybridized carbons (Fsp3) is 0.488. The molecule has 2 amide bonds. The number of hydrogen-bond acceptors (Lipinski definition) is 31. The summed E-state index contributed by atoms with van der Waals surface area (Å²) in [5.74, 6) is 4.60. The Balaban J connectivity index is 0.000000194. The molecule has 41 nitrogen and oxygen atoms in total. The van der Waals surface area contributed by atoms with Crippen molar-refractivity contribution in [3.05, 3.63) is 151 Å². The molecular formula is C84H128N36O5. The number of nitrogen functional groups attached to an aromatic ring is 5. The number of Topliss-reactive ketones (excluding diaryl/α,β-unsaturated/α-hetero) is 1. The molecule has 0 spiro atoms. The van der Waals surface area contributed by atoms with Gasteiger partial charge in [0.05, 0.1) is 49.7 Å². The highest BCUT2D eigenvalue weighted by Crippen LogP contribution is 2.32. The van der Waals surface area contributed by atoms with Gasteiger partial charge < -0.3 is 92.9 Å². The average molecular weight is 1720 g/mol. The normalized spacial score (nSPS) is 14.5. The van der Waals surface area contributed by atoms with Gasteiger partial charge >= 0.3 is 0 Å². The molecule has 0 bridgehead atoms. The van der Waals surface area contributed by atoms with Crippen LogP contribution in [0.25, 0.3) is 55.8 Å². The van der Waals surface area contributed by atoms with Crippen molar-refractivity contribution in [3.8, 4) is 0 Å². The fourth-order valence-electron chi connectivity index (χ4n) is 11.8. The van der Waals surface area contributed by atoms with Crippen LogP contribution in [0.2, 0.25) is 0 Å². The second kappa shape index (κ2) is 37.5. The second-order valence-corrected chi connectivity index (χ2v) is 38.6. The largest absolute Gasteiger partial charge is 0.384 e. The van der Waals surface area contributed by atoms with Crippen molar-refractivity contribution in [2.45, 2.75) is 270 Å². The number of nitrogens with two attached hydrogens (primary N) is 6. The Morgan fingerprint density at radius 1 is 0.464 bits per heavy atom. The quantitative estimate of drug-likeness (QED) is 0.0732. The van der Waals surface area contributed by atoms with Crippen LogP contribution >= 0.6 is 0 Å². The number of aromatic nitrogens is 23. The summed E-state index contributed by atoms with van der Waals surface area (Å²) >= 11 is 0. The third-order valence-electron chi connectivity index (χ3n) is 18.2. The number of fused-ring (bicyclic) bond motifs is 5. The van der Waals surface area contributed by atoms with Gasteiger partial charge in [-0.15, -0.1) is 0 Å². The van der Waals surface area contributed by atoms with Crippen LogP contribution in [-0.2, 0) is 42.8 Å². The monoisotopic (exact) mass is 1720 g/mol. The topological polar surface area (TPSA) is 554 Å². The zero-order valence-corrected chi connectivity index (χ0v) is 77.8. The van der Waals surface area contributed by atoms with Crippen molar-refractivity contribution in [2.24, 2.45) is 10.7 Å². The highest BCUT2D eigenvalue weighted by Gasteiger charge is 2.31. The summed E-state index contributed by atoms with van der Waals surface area (Å²) in [6.45, 7) is 70.2. The number of aliphatic imine (C=N–C) groups is 1. The number of rotatable bonds is 3. The molecule has 0 saturated heterocycles. The lowest BCUT2D eigenvalue weighted by atomic mass is 10.1. The Labute approximate surface area is 728 Å². The van der Waals surface area contributed by atoms with E-state index in [1.165, 1.54) is 38.5 Å². The standard InChI is InChI=1S/C12H18N6.C10H16N2O.C9H14N6.C9H13N5O.C9H13N5.C9H12N4O.C9H15N3.C9H14N2O.C8H13N3O/c1-12(2,3)18-6-14-8-9(15-7-4-5-7)16-11(13)17-10(8)18;1-7-6-12(10(3,4)5)8(2)11-9(7)13;1-9(2,3)15-4-12-5-6(10)13-8(11)14-7(5)15;1-9(2,3)14-4-11-5-6(14)12-8(10)13-7(5)15;1-9(2,3)14-5-12-6-4-11-8(10)13-7(6)14;1-9(2,3)13-5-12-6-7(13)10-4-11-8(6)14;1-7-11-8(10)5-6-12(7)9(2,3)4;1-7-10-8(12)5-6-11(7)9(2,3)4;1-6(12)7-9-5-10-11(7)8(2,3)4/h6-7H,4-5H2,1-3H3,(H3,13,15,16,17);6H,2H2,1,3-5H3,(H,11,13);4H,1-3H3,(H4,10,11,13,14);4H,1-3H3,(H3,10,12,13,15);4-5H,1-3H3,(H2,10,11,13);4-5H,1-3H3,(H,10,11,14);5-6H,1H2,2-4H3,(H2,10,11);5-6H,1H2,2-4H3,(H,10,12);5H,1-4H3. The number of aromatic amines is 2. The Hall–Kier alpha value is -13.8. The van der Waals surface area contributed by atoms with Crippen LogP contribution in [0.3, 0.4) is 0 Å². The first-order valence-corrected chi connectivity index (χ1v) is 40.3. The Bertz CT molecular complexity index is 6000. The minimum Gasteiger partial charge on any atom is -0.384 e. The predicted octanol–water partition coefficient (Wildman–Crippen LogP) is 10.5. The Morgan fingerprint density at radius 2 is 0.912 bits per heavy atom. The van der Waals surface area contributed by atoms with Gasteiger partial charge in [0.15, 0.2) is 68.0 Å². The molecule has 0 aromatic carbocycles. The summed E-state index contributed by atoms with van der Waals surface area (Å²) < 4.78 is 11.3. The van der Waals surface area contributed by atoms with Gasteiger partial charge in [0.25, 0.3) is 22.9 Å². The molecule has 674 valence electrons. The van der Waals surface area contributed by atoms with Crippen LogP contribution in [0.15, 0.2) is 139 Å². The van der Waals surface area contributed by atoms with Crippen LogP contribution in [0.4, 0.5) is 35.4 Å². The SMILES string of the molecule is C=C1N=C(N)C=CN1C(C)(C)C.C=C1NC(=O)C(C)=CN1C(C)(C)C.C=C1NC(=O)C=CN1C(C)(C)C.CC(=O)c1ncnn1C(C)(C)C.CC(C)(C)n1cnc2c(=O)[nH]c(N)nc21.CC(C)(C)n1cnc2c(=O)[nH]cnc21.CC(C)(C)n1cnc2c(N)nc(N)nc21.CC(C)(C)n1cnc2c(NC3CC3)nc(N)nc21.CC(C)(C)n1cnc2cnc(N)nc21. The van der Waals surface area contributed by atoms with Crippen LogP contribution in [-0.4, -0.2) is 173 Å². The van der Waals surface area contributed by atoms with Crippen molar-refractivity contribution in [2.75, 3.05) is 34.0 Å². The van der Waals surface area contributed by atoms with Gasteiger partial charge in [0.1, 0.15) is 40.7 Å². The molecule has 15 rings (SSSR count). The van der Waals surface area contributed by atoms with Crippen molar-refractivity contribution < 1.29 is 14.4 Å². The number of carbonyl (C=O) groups is 3. The molecule has 11 aromatic rings. The first kappa shape index (κ1) is 98.3. The second-order valence-electron chi connectivity index (χ2n) is 38.6. The van der Waals surface area contributed by atoms with E-state index in [1.807, 2.05) is 112 Å². The van der Waals surface area contributed by atoms with E-state index < -0.39 is 0 Å². The summed E-state index contributed by atoms with van der Waals surface area (Å²) in [4.78, 5) is 128. The number of carbonyl (C=O) groups excluding carboxylic acids is 3. The summed E-state index contributed by atoms with van der Waals surface area (Å²) in [5, 5.41) is 12.7. The maximum absolute atomic E-state index is 11.5. The number of nitrogens with zero attached hydrogens (tertiary/aromatic N) is 25. The summed E-state index contributed by atoms with van der Waals surface area (Å²) in [6.07, 6.45) is 24.1. The number of H-pyrrole nitrogens is 2. The van der Waals surface area contributed by atoms with E-state index in [9.17, 15) is 24.0 Å². The van der Waals surface area contributed by atoms with E-state index in [2.05, 4.69) is 250 Å². The van der Waals surface area contributed by atoms with Crippen molar-refractivity contribution in [3.63, 3.8) is 0 Å². The Morgan fingerprint density at radius 3 is 1.39 bits per heavy atom. The summed E-state index contributed by atoms with van der Waals surface area (Å²) in [5.41, 5.74) is 39.3. The molecule has 0 unspecified atom stereocenters. The van der Waals surface area contributed by atoms with E-state index >= 15 is 0 Å². The maximum Gasteiger partial charge on any atom is 0.280 e. The van der Waals surface area contributed by atoms with E-state index in [0.717, 1.165) is 28.1 Å². The molecule has 11 aromatic heterocycles. The van der Waals surface area contributed by atoms with Crippen LogP contribution in [0.5, 0.6) is 0 Å². The van der Waals surface area contributed by atoms with Gasteiger partial charge in [0.2, 0.25) is 23.8 Å². The summed E-state index contributed by atoms with van der Waals surface area (Å²) in [6, 6.07) is 0.516. The lowest BCUT2D eigenvalue weighted by Crippen LogP contribution is -2.46. The van der Waals surface area contributed by atoms with E-state index in [4.69, 9.17) is 34.4 Å². The zero-order valence-electron chi connectivity index (χ0n) is 77.8. The predicted molar refractivity (Wildman–Crippen MR) is 493 cm³/mol. The number of imidazole rings is 5. The van der Waals surface area contributed by atoms with Crippen LogP contribution < -0.4 is 61.5 Å². The fourth-order valence-corrected chi connectivity index (χ4v) is 11.8. The van der Waals surface area contributed by atoms with Crippen LogP contribution in [0.1, 0.15) is 224 Å². The highest BCUT2D eigenvalue weighted by molar-refractivity contribution is 5.95. The molecule has 4 aliphatic rings. The number of anilines is 6. The molecule has 0 atom stereocenters. The number of nitrogens with one attached hydrogen (secondary N) is 5. The third kappa shape index (κ3) is 25.9. The molecular weight excluding hydrogens is 1590 g/mol. The lowest BCUT2D eigenvalue weighted by molar-refractivity contribution is -0.118. The molecule has 0 radical (unpaired) electrons. The number of amidine groups is 1. The number of amides is 2. The van der Waals surface area contributed by atoms with Crippen molar-refractivity contribution >= 4 is 115 Å². The van der Waals surface area contributed by atoms with Crippen molar-refractivity contribution in [1.29, 1.82) is 0 Å². The lowest BCUT2D eigenvalue weighted by Gasteiger charge is -2.38. The molecule has 1 aliphatic carbocycles. The maximum atomic E-state index is 11.5. The minimum atomic E-state index is -0.305. The minimum absolute atomic E-state index is 0.0117. The van der Waals surface area contributed by atoms with Crippen molar-refractivity contribution in [1.82, 2.24) is 138 Å². The van der Waals surface area contributed by atoms with E-state index in [-0.39, 0.29) is 102 Å². The average Bonchev–Trinajstić information content (AvgIpc) is 1.72. The third-order valence-corrected chi connectivity index (χ3v) is 18.2. The Kier molecular flexibility index (Phi) is 29.5. The smallest absolute Gasteiger partial charge is 0.280 e. The molecule has 1 fully saturated rings. The first-order valence-electron chi connectivity index (χ1n) is 40.3. The highest BCUT2D eigenvalue weighted by atomic mass is 16.2. The number of hydrogen-bond donors (Lipinski definition) is 11. The molecule has 41 heteroatoms. The zero-order chi connectivity index (χ0) is 94.3. The molecule has 14 heterocycles. The molecule has 1 saturated carbocycles. The van der Waals surface area contributed by atoms with Gasteiger partial charge in [-0.3, -0.25) is 29.0 Å². The van der Waals surface area contributed by atoms with Gasteiger partial charge in [-0.2, -0.15) is 35.0 Å². The van der Waals surface area contributed by atoms with Crippen LogP contribution in [0, 0.1) is 0 Å². The van der Waals surface area contributed by atoms with Gasteiger partial charge in [-0.25, -0.2) is 49.5 Å². The van der Waals surface area contributed by atoms with Gasteiger partial charge in [0, 0.05) is 87.5 Å². The van der Waals surface area contributed by atoms with Gasteiger partial charge in [-0.05, 0) is 213 Å². The molecule has 17 N–H and O–H groups in total. The molecule has 3 aliphatic heterocycles. The van der Waals surface area contributed by atoms with E-state index in [0.29, 0.717) is 80.0 Å². The first-order chi connectivity index (χ1) is 57.3. The molecule has 125 heavy (non-hydrogen) atoms.